The van der Waals surface area contributed by atoms with E-state index in [-0.39, 0.29) is 17.9 Å². The van der Waals surface area contributed by atoms with Crippen molar-refractivity contribution in [3.05, 3.63) is 11.4 Å². The molecule has 0 aliphatic carbocycles. The van der Waals surface area contributed by atoms with Gasteiger partial charge in [0.1, 0.15) is 0 Å². The Morgan fingerprint density at radius 2 is 1.75 bits per heavy atom. The van der Waals surface area contributed by atoms with Crippen molar-refractivity contribution in [2.24, 2.45) is 32.2 Å². The van der Waals surface area contributed by atoms with Crippen LogP contribution in [0.1, 0.15) is 0 Å². The standard InChI is InChI=1S/C12H20N12/c1-18-10(15)19-2-5-24(6-3-20-11(16)22-8-13)7-4-21-12(17)23-9-14/h2-7H2,(H2,15,19)(H3,16,20,22)(H3,17,21,23). The molecule has 0 heterocycles. The molecule has 0 saturated heterocycles. The monoisotopic (exact) mass is 332 g/mol. The molecule has 0 radical (unpaired) electrons. The van der Waals surface area contributed by atoms with Gasteiger partial charge in [0, 0.05) is 26.2 Å². The zero-order chi connectivity index (χ0) is 18.2. The average molecular weight is 332 g/mol. The van der Waals surface area contributed by atoms with Gasteiger partial charge in [0.25, 0.3) is 0 Å². The minimum absolute atomic E-state index is 0.0354. The summed E-state index contributed by atoms with van der Waals surface area (Å²) in [5, 5.41) is 21.8. The van der Waals surface area contributed by atoms with E-state index < -0.39 is 0 Å². The third kappa shape index (κ3) is 11.1. The van der Waals surface area contributed by atoms with E-state index in [0.29, 0.717) is 39.3 Å². The highest BCUT2D eigenvalue weighted by atomic mass is 15.2. The summed E-state index contributed by atoms with van der Waals surface area (Å²) in [6.45, 7) is 9.53. The maximum absolute atomic E-state index is 8.41. The zero-order valence-corrected chi connectivity index (χ0v) is 13.1. The predicted molar refractivity (Wildman–Crippen MR) is 90.0 cm³/mol. The van der Waals surface area contributed by atoms with E-state index in [2.05, 4.69) is 30.5 Å². The first-order valence-corrected chi connectivity index (χ1v) is 6.84. The minimum atomic E-state index is -0.0982. The van der Waals surface area contributed by atoms with Crippen LogP contribution in [-0.4, -0.2) is 62.0 Å². The molecule has 0 unspecified atom stereocenters. The van der Waals surface area contributed by atoms with Crippen molar-refractivity contribution in [3.8, 4) is 12.4 Å². The van der Waals surface area contributed by atoms with Crippen molar-refractivity contribution in [2.45, 2.75) is 0 Å². The molecule has 0 rings (SSSR count). The number of nitrogens with zero attached hydrogens (tertiary/aromatic N) is 7. The molecule has 0 aliphatic rings. The van der Waals surface area contributed by atoms with Gasteiger partial charge in [0.15, 0.2) is 6.19 Å². The number of nitrogens with two attached hydrogens (primary N) is 3. The van der Waals surface area contributed by atoms with Crippen LogP contribution in [0, 0.1) is 29.5 Å². The van der Waals surface area contributed by atoms with Crippen LogP contribution in [0.4, 0.5) is 0 Å². The van der Waals surface area contributed by atoms with E-state index in [0.717, 1.165) is 0 Å². The van der Waals surface area contributed by atoms with Crippen LogP contribution in [0.15, 0.2) is 15.0 Å². The van der Waals surface area contributed by atoms with Crippen molar-refractivity contribution in [3.63, 3.8) is 0 Å². The molecule has 12 heteroatoms. The molecule has 0 aliphatic heterocycles. The normalized spacial score (nSPS) is 12.2. The first-order chi connectivity index (χ1) is 11.5. The quantitative estimate of drug-likeness (QED) is 0.0987. The smallest absolute Gasteiger partial charge is 0.324 e. The largest absolute Gasteiger partial charge is 0.397 e. The van der Waals surface area contributed by atoms with Gasteiger partial charge < -0.3 is 27.4 Å². The molecule has 0 aromatic rings. The summed E-state index contributed by atoms with van der Waals surface area (Å²) in [5.74, 6) is -0.0246. The lowest BCUT2D eigenvalue weighted by Gasteiger charge is -2.20. The fourth-order valence-electron chi connectivity index (χ4n) is 1.52. The summed E-state index contributed by atoms with van der Waals surface area (Å²) < 4.78 is 0. The second kappa shape index (κ2) is 13.1. The zero-order valence-electron chi connectivity index (χ0n) is 13.1. The third-order valence-electron chi connectivity index (χ3n) is 2.59. The van der Waals surface area contributed by atoms with E-state index in [9.17, 15) is 0 Å². The van der Waals surface area contributed by atoms with Crippen molar-refractivity contribution >= 4 is 17.9 Å². The van der Waals surface area contributed by atoms with Gasteiger partial charge in [-0.05, 0) is 0 Å². The summed E-state index contributed by atoms with van der Waals surface area (Å²) >= 11 is 0. The van der Waals surface area contributed by atoms with Gasteiger partial charge in [-0.25, -0.2) is 0 Å². The lowest BCUT2D eigenvalue weighted by atomic mass is 10.4. The topological polar surface area (TPSA) is 194 Å². The molecular weight excluding hydrogens is 312 g/mol. The Morgan fingerprint density at radius 3 is 2.33 bits per heavy atom. The Balaban J connectivity index is 4.46. The van der Waals surface area contributed by atoms with Gasteiger partial charge in [-0.1, -0.05) is 0 Å². The Hall–Kier alpha value is -3.56. The molecular formula is C12H20N12. The minimum Gasteiger partial charge on any atom is -0.397 e. The molecule has 0 aromatic heterocycles. The van der Waals surface area contributed by atoms with Gasteiger partial charge in [-0.15, -0.1) is 11.6 Å². The van der Waals surface area contributed by atoms with Crippen LogP contribution in [0.2, 0.25) is 0 Å². The first-order valence-electron chi connectivity index (χ1n) is 6.84. The molecule has 0 aromatic carbocycles. The summed E-state index contributed by atoms with van der Waals surface area (Å²) in [6.07, 6.45) is 3.25. The Kier molecular flexibility index (Phi) is 11.2. The molecule has 24 heavy (non-hydrogen) atoms. The second-order valence-corrected chi connectivity index (χ2v) is 4.22. The van der Waals surface area contributed by atoms with Crippen LogP contribution in [0.25, 0.3) is 4.85 Å². The van der Waals surface area contributed by atoms with Crippen LogP contribution >= 0.6 is 0 Å². The van der Waals surface area contributed by atoms with Crippen molar-refractivity contribution in [1.29, 1.82) is 10.5 Å². The first kappa shape index (κ1) is 20.4. The van der Waals surface area contributed by atoms with E-state index in [4.69, 9.17) is 34.3 Å². The van der Waals surface area contributed by atoms with Gasteiger partial charge in [0.2, 0.25) is 18.1 Å². The van der Waals surface area contributed by atoms with Crippen molar-refractivity contribution < 1.29 is 0 Å². The van der Waals surface area contributed by atoms with E-state index in [1.807, 2.05) is 4.90 Å². The van der Waals surface area contributed by atoms with Crippen LogP contribution < -0.4 is 27.8 Å². The van der Waals surface area contributed by atoms with Crippen molar-refractivity contribution in [2.75, 3.05) is 39.3 Å². The molecule has 0 bridgehead atoms. The number of nitrogens with one attached hydrogen (secondary N) is 2. The van der Waals surface area contributed by atoms with Crippen LogP contribution in [0.3, 0.4) is 0 Å². The van der Waals surface area contributed by atoms with Crippen LogP contribution in [0.5, 0.6) is 0 Å². The number of nitriles is 2. The fourth-order valence-corrected chi connectivity index (χ4v) is 1.52. The maximum atomic E-state index is 8.41. The highest BCUT2D eigenvalue weighted by Gasteiger charge is 2.05. The second-order valence-electron chi connectivity index (χ2n) is 4.22. The molecule has 0 atom stereocenters. The summed E-state index contributed by atoms with van der Waals surface area (Å²) in [7, 11) is 0. The van der Waals surface area contributed by atoms with E-state index in [1.54, 1.807) is 12.4 Å². The third-order valence-corrected chi connectivity index (χ3v) is 2.59. The Bertz CT molecular complexity index is 585. The maximum Gasteiger partial charge on any atom is 0.324 e. The molecule has 0 saturated carbocycles. The van der Waals surface area contributed by atoms with Gasteiger partial charge in [-0.2, -0.15) is 15.5 Å². The van der Waals surface area contributed by atoms with Gasteiger partial charge >= 0.3 is 5.96 Å². The molecule has 0 spiro atoms. The number of rotatable bonds is 9. The SMILES string of the molecule is [C-]#[N+]C(N)=NCCN(CCN=C(N)NC#N)CCNC(N)=NC#N. The molecule has 128 valence electrons. The number of guanidine groups is 3. The number of hydrogen-bond donors (Lipinski definition) is 5. The van der Waals surface area contributed by atoms with Crippen molar-refractivity contribution in [1.82, 2.24) is 15.5 Å². The lowest BCUT2D eigenvalue weighted by Crippen LogP contribution is -2.40. The van der Waals surface area contributed by atoms with Crippen LogP contribution in [-0.2, 0) is 0 Å². The highest BCUT2D eigenvalue weighted by Crippen LogP contribution is 1.90. The Morgan fingerprint density at radius 1 is 1.08 bits per heavy atom. The van der Waals surface area contributed by atoms with E-state index in [1.165, 1.54) is 0 Å². The Labute approximate surface area is 140 Å². The summed E-state index contributed by atoms with van der Waals surface area (Å²) in [5.41, 5.74) is 16.2. The summed E-state index contributed by atoms with van der Waals surface area (Å²) in [6, 6.07) is 0. The average Bonchev–Trinajstić information content (AvgIpc) is 2.54. The highest BCUT2D eigenvalue weighted by molar-refractivity contribution is 5.87. The van der Waals surface area contributed by atoms with Gasteiger partial charge in [0.05, 0.1) is 13.1 Å². The predicted octanol–water partition coefficient (Wildman–Crippen LogP) is -2.71. The summed E-state index contributed by atoms with van der Waals surface area (Å²) in [4.78, 5) is 16.2. The number of hydrogen-bond acceptors (Lipinski definition) is 6. The molecule has 0 amide bonds. The molecule has 8 N–H and O–H groups in total. The van der Waals surface area contributed by atoms with E-state index >= 15 is 0 Å². The molecule has 0 fully saturated rings. The van der Waals surface area contributed by atoms with Gasteiger partial charge in [-0.3, -0.25) is 15.2 Å². The number of aliphatic imine (C=N–C) groups is 3. The molecule has 12 nitrogen and oxygen atoms in total. The lowest BCUT2D eigenvalue weighted by molar-refractivity contribution is 0.293. The fraction of sp³-hybridized carbons (Fsp3) is 0.500.